The van der Waals surface area contributed by atoms with E-state index in [9.17, 15) is 18.0 Å². The summed E-state index contributed by atoms with van der Waals surface area (Å²) in [6, 6.07) is 8.93. The number of hydrogen-bond acceptors (Lipinski definition) is 5. The molecule has 1 aromatic heterocycles. The molecule has 2 aromatic carbocycles. The lowest BCUT2D eigenvalue weighted by atomic mass is 10.2. The number of aromatic nitrogens is 2. The van der Waals surface area contributed by atoms with Crippen LogP contribution < -0.4 is 15.5 Å². The number of benzene rings is 2. The Balaban J connectivity index is 1.90. The van der Waals surface area contributed by atoms with Gasteiger partial charge < -0.3 is 15.4 Å². The van der Waals surface area contributed by atoms with Crippen molar-refractivity contribution in [3.63, 3.8) is 0 Å². The summed E-state index contributed by atoms with van der Waals surface area (Å²) in [4.78, 5) is 22.7. The molecule has 0 fully saturated rings. The van der Waals surface area contributed by atoms with Crippen LogP contribution in [0.5, 0.6) is 0 Å². The van der Waals surface area contributed by atoms with Gasteiger partial charge in [0, 0.05) is 25.4 Å². The number of hydrogen-bond donors (Lipinski definition) is 2. The van der Waals surface area contributed by atoms with E-state index in [1.165, 1.54) is 41.4 Å². The first-order chi connectivity index (χ1) is 15.4. The van der Waals surface area contributed by atoms with Crippen LogP contribution in [0.4, 0.5) is 35.4 Å². The number of anilines is 3. The normalized spacial score (nSPS) is 11.7. The van der Waals surface area contributed by atoms with E-state index in [1.807, 2.05) is 6.92 Å². The van der Waals surface area contributed by atoms with Crippen LogP contribution in [0.2, 0.25) is 0 Å². The monoisotopic (exact) mass is 445 g/mol. The number of halogens is 3. The largest absolute Gasteiger partial charge is 0.383 e. The first-order valence-corrected chi connectivity index (χ1v) is 9.72. The van der Waals surface area contributed by atoms with Crippen molar-refractivity contribution < 1.29 is 22.7 Å². The maximum atomic E-state index is 14.1. The lowest BCUT2D eigenvalue weighted by molar-refractivity contribution is 0.190. The van der Waals surface area contributed by atoms with E-state index in [4.69, 9.17) is 4.74 Å². The average Bonchev–Trinajstić information content (AvgIpc) is 2.76. The number of rotatable bonds is 8. The number of carbonyl (C=O) groups is 1. The highest BCUT2D eigenvalue weighted by molar-refractivity contribution is 6.01. The van der Waals surface area contributed by atoms with Crippen molar-refractivity contribution in [3.8, 4) is 0 Å². The molecule has 168 valence electrons. The second-order valence-electron chi connectivity index (χ2n) is 7.01. The molecule has 10 heteroatoms. The number of urea groups is 1. The van der Waals surface area contributed by atoms with Crippen molar-refractivity contribution in [2.75, 3.05) is 29.3 Å². The smallest absolute Gasteiger partial charge is 0.327 e. The van der Waals surface area contributed by atoms with Crippen molar-refractivity contribution in [2.45, 2.75) is 19.5 Å². The summed E-state index contributed by atoms with van der Waals surface area (Å²) in [6.45, 7) is 2.27. The van der Waals surface area contributed by atoms with Crippen LogP contribution in [-0.2, 0) is 11.3 Å². The predicted molar refractivity (Wildman–Crippen MR) is 115 cm³/mol. The van der Waals surface area contributed by atoms with Crippen LogP contribution in [0.1, 0.15) is 12.5 Å². The molecule has 0 saturated carbocycles. The number of methoxy groups -OCH3 is 1. The molecule has 0 aliphatic rings. The quantitative estimate of drug-likeness (QED) is 0.531. The maximum Gasteiger partial charge on any atom is 0.327 e. The summed E-state index contributed by atoms with van der Waals surface area (Å²) in [6.07, 6.45) is 1.46. The molecule has 0 spiro atoms. The summed E-state index contributed by atoms with van der Waals surface area (Å²) in [7, 11) is 1.57. The molecule has 0 radical (unpaired) electrons. The zero-order chi connectivity index (χ0) is 23.1. The Morgan fingerprint density at radius 3 is 2.53 bits per heavy atom. The van der Waals surface area contributed by atoms with Gasteiger partial charge in [0.15, 0.2) is 0 Å². The molecule has 7 nitrogen and oxygen atoms in total. The molecule has 2 amide bonds. The van der Waals surface area contributed by atoms with Crippen molar-refractivity contribution in [2.24, 2.45) is 0 Å². The Labute approximate surface area is 183 Å². The molecule has 3 aromatic rings. The molecule has 0 aliphatic heterocycles. The Morgan fingerprint density at radius 2 is 1.81 bits per heavy atom. The van der Waals surface area contributed by atoms with Crippen LogP contribution in [0.25, 0.3) is 0 Å². The van der Waals surface area contributed by atoms with E-state index in [-0.39, 0.29) is 30.0 Å². The molecule has 0 saturated heterocycles. The first kappa shape index (κ1) is 23.0. The summed E-state index contributed by atoms with van der Waals surface area (Å²) in [5, 5.41) is 5.41. The molecule has 0 bridgehead atoms. The Bertz CT molecular complexity index is 1070. The van der Waals surface area contributed by atoms with Gasteiger partial charge in [-0.25, -0.2) is 22.9 Å². The number of amides is 2. The highest BCUT2D eigenvalue weighted by atomic mass is 19.1. The van der Waals surface area contributed by atoms with Crippen LogP contribution in [0.3, 0.4) is 0 Å². The number of nitrogens with one attached hydrogen (secondary N) is 2. The second kappa shape index (κ2) is 10.6. The van der Waals surface area contributed by atoms with E-state index in [2.05, 4.69) is 20.6 Å². The van der Waals surface area contributed by atoms with Gasteiger partial charge in [-0.05, 0) is 42.8 Å². The van der Waals surface area contributed by atoms with Crippen LogP contribution in [0.15, 0.2) is 54.7 Å². The van der Waals surface area contributed by atoms with Crippen molar-refractivity contribution in [1.82, 2.24) is 9.97 Å². The molecule has 0 unspecified atom stereocenters. The van der Waals surface area contributed by atoms with Gasteiger partial charge in [0.2, 0.25) is 5.95 Å². The van der Waals surface area contributed by atoms with Gasteiger partial charge in [-0.3, -0.25) is 4.90 Å². The van der Waals surface area contributed by atoms with E-state index in [0.29, 0.717) is 12.2 Å². The highest BCUT2D eigenvalue weighted by Gasteiger charge is 2.20. The molecule has 1 atom stereocenters. The summed E-state index contributed by atoms with van der Waals surface area (Å²) >= 11 is 0. The molecule has 0 aliphatic carbocycles. The second-order valence-corrected chi connectivity index (χ2v) is 7.01. The standard InChI is InChI=1S/C22H22F3N5O2/c1-14(13-32-2)27-21-26-10-9-20(29-21)30(12-15-3-5-16(23)6-4-15)22(31)28-19-11-17(24)7-8-18(19)25/h3-11,14H,12-13H2,1-2H3,(H,28,31)(H,26,27,29)/t14-/m0/s1. The minimum atomic E-state index is -0.792. The van der Waals surface area contributed by atoms with Crippen LogP contribution in [-0.4, -0.2) is 35.8 Å². The summed E-state index contributed by atoms with van der Waals surface area (Å²) in [5.41, 5.74) is 0.280. The van der Waals surface area contributed by atoms with E-state index in [1.54, 1.807) is 7.11 Å². The average molecular weight is 445 g/mol. The van der Waals surface area contributed by atoms with Crippen molar-refractivity contribution in [3.05, 3.63) is 77.7 Å². The molecule has 32 heavy (non-hydrogen) atoms. The third-order valence-electron chi connectivity index (χ3n) is 4.38. The van der Waals surface area contributed by atoms with Gasteiger partial charge in [-0.15, -0.1) is 0 Å². The van der Waals surface area contributed by atoms with Gasteiger partial charge in [0.1, 0.15) is 23.3 Å². The zero-order valence-electron chi connectivity index (χ0n) is 17.5. The summed E-state index contributed by atoms with van der Waals surface area (Å²) < 4.78 is 46.0. The lowest BCUT2D eigenvalue weighted by Crippen LogP contribution is -2.35. The molecular weight excluding hydrogens is 423 g/mol. The van der Waals surface area contributed by atoms with Gasteiger partial charge in [-0.2, -0.15) is 4.98 Å². The lowest BCUT2D eigenvalue weighted by Gasteiger charge is -2.23. The molecular formula is C22H22F3N5O2. The van der Waals surface area contributed by atoms with Crippen LogP contribution >= 0.6 is 0 Å². The Kier molecular flexibility index (Phi) is 7.61. The SMILES string of the molecule is COC[C@H](C)Nc1nccc(N(Cc2ccc(F)cc2)C(=O)Nc2cc(F)ccc2F)n1. The van der Waals surface area contributed by atoms with Gasteiger partial charge in [-0.1, -0.05) is 12.1 Å². The fourth-order valence-corrected chi connectivity index (χ4v) is 2.89. The van der Waals surface area contributed by atoms with Crippen molar-refractivity contribution in [1.29, 1.82) is 0 Å². The summed E-state index contributed by atoms with van der Waals surface area (Å²) in [5.74, 6) is -1.47. The number of carbonyl (C=O) groups excluding carboxylic acids is 1. The number of nitrogens with zero attached hydrogens (tertiary/aromatic N) is 3. The fourth-order valence-electron chi connectivity index (χ4n) is 2.89. The van der Waals surface area contributed by atoms with E-state index in [0.717, 1.165) is 18.2 Å². The molecule has 2 N–H and O–H groups in total. The minimum Gasteiger partial charge on any atom is -0.383 e. The Morgan fingerprint density at radius 1 is 1.09 bits per heavy atom. The predicted octanol–water partition coefficient (Wildman–Crippen LogP) is 4.58. The zero-order valence-corrected chi connectivity index (χ0v) is 17.5. The van der Waals surface area contributed by atoms with Crippen LogP contribution in [0, 0.1) is 17.5 Å². The van der Waals surface area contributed by atoms with E-state index < -0.39 is 23.5 Å². The first-order valence-electron chi connectivity index (χ1n) is 9.72. The topological polar surface area (TPSA) is 79.4 Å². The third-order valence-corrected chi connectivity index (χ3v) is 4.38. The number of ether oxygens (including phenoxy) is 1. The molecule has 3 rings (SSSR count). The van der Waals surface area contributed by atoms with E-state index >= 15 is 0 Å². The van der Waals surface area contributed by atoms with Crippen molar-refractivity contribution >= 4 is 23.5 Å². The molecule has 1 heterocycles. The van der Waals surface area contributed by atoms with Gasteiger partial charge >= 0.3 is 6.03 Å². The van der Waals surface area contributed by atoms with Gasteiger partial charge in [0.05, 0.1) is 18.8 Å². The van der Waals surface area contributed by atoms with Gasteiger partial charge in [0.25, 0.3) is 0 Å². The Hall–Kier alpha value is -3.66. The highest BCUT2D eigenvalue weighted by Crippen LogP contribution is 2.21. The minimum absolute atomic E-state index is 0.00682. The third kappa shape index (κ3) is 6.17. The fraction of sp³-hybridized carbons (Fsp3) is 0.227. The maximum absolute atomic E-state index is 14.1.